The second-order valence-corrected chi connectivity index (χ2v) is 7.39. The van der Waals surface area contributed by atoms with Gasteiger partial charge in [-0.25, -0.2) is 4.79 Å². The number of nitrogens with one attached hydrogen (secondary N) is 1. The molecule has 1 N–H and O–H groups in total. The van der Waals surface area contributed by atoms with E-state index in [-0.39, 0.29) is 35.3 Å². The van der Waals surface area contributed by atoms with Crippen molar-refractivity contribution in [1.82, 2.24) is 9.88 Å². The molecular formula is C21H21N3O5. The Hall–Kier alpha value is -3.42. The normalized spacial score (nSPS) is 14.4. The maximum Gasteiger partial charge on any atom is 0.420 e. The number of carbonyl (C=O) groups is 1. The molecule has 8 nitrogen and oxygen atoms in total. The number of nitro groups is 1. The van der Waals surface area contributed by atoms with Gasteiger partial charge in [0.25, 0.3) is 5.69 Å². The predicted molar refractivity (Wildman–Crippen MR) is 107 cm³/mol. The van der Waals surface area contributed by atoms with Gasteiger partial charge < -0.3 is 9.73 Å². The summed E-state index contributed by atoms with van der Waals surface area (Å²) in [6.45, 7) is 1.62. The van der Waals surface area contributed by atoms with Crippen molar-refractivity contribution in [1.29, 1.82) is 0 Å². The lowest BCUT2D eigenvalue weighted by Gasteiger charge is -2.20. The molecule has 4 rings (SSSR count). The number of carbonyl (C=O) groups excluding carboxylic acids is 1. The Morgan fingerprint density at radius 2 is 1.97 bits per heavy atom. The van der Waals surface area contributed by atoms with Crippen LogP contribution in [0.2, 0.25) is 0 Å². The molecule has 1 aliphatic rings. The third kappa shape index (κ3) is 3.78. The Bertz CT molecular complexity index is 1160. The van der Waals surface area contributed by atoms with Crippen LogP contribution < -0.4 is 11.1 Å². The minimum Gasteiger partial charge on any atom is -0.408 e. The molecule has 150 valence electrons. The van der Waals surface area contributed by atoms with E-state index in [4.69, 9.17) is 4.42 Å². The van der Waals surface area contributed by atoms with E-state index >= 15 is 0 Å². The van der Waals surface area contributed by atoms with Crippen LogP contribution in [0.1, 0.15) is 42.5 Å². The van der Waals surface area contributed by atoms with Crippen LogP contribution in [0.5, 0.6) is 0 Å². The maximum atomic E-state index is 12.6. The molecule has 0 bridgehead atoms. The molecule has 2 aromatic carbocycles. The second kappa shape index (κ2) is 7.54. The SMILES string of the molecule is CC(NC(=O)Cn1c(=O)oc2ccc([N+](=O)[O-])cc21)c1ccc2c(c1)CCCC2. The zero-order chi connectivity index (χ0) is 20.5. The average molecular weight is 395 g/mol. The minimum atomic E-state index is -0.725. The highest BCUT2D eigenvalue weighted by molar-refractivity contribution is 5.81. The number of aryl methyl sites for hydroxylation is 2. The highest BCUT2D eigenvalue weighted by Gasteiger charge is 2.18. The van der Waals surface area contributed by atoms with E-state index in [9.17, 15) is 19.7 Å². The molecule has 0 saturated heterocycles. The van der Waals surface area contributed by atoms with Gasteiger partial charge in [0.05, 0.1) is 16.5 Å². The first-order valence-corrected chi connectivity index (χ1v) is 9.61. The number of nitro benzene ring substituents is 1. The molecule has 0 spiro atoms. The standard InChI is InChI=1S/C21H21N3O5/c1-13(15-7-6-14-4-2-3-5-16(14)10-15)22-20(25)12-23-18-11-17(24(27)28)8-9-19(18)29-21(23)26/h6-11,13H,2-5,12H2,1H3,(H,22,25). The summed E-state index contributed by atoms with van der Waals surface area (Å²) in [5, 5.41) is 13.9. The summed E-state index contributed by atoms with van der Waals surface area (Å²) in [5.41, 5.74) is 3.97. The van der Waals surface area contributed by atoms with E-state index in [2.05, 4.69) is 17.4 Å². The summed E-state index contributed by atoms with van der Waals surface area (Å²) in [6, 6.07) is 9.92. The molecule has 8 heteroatoms. The number of hydrogen-bond acceptors (Lipinski definition) is 5. The van der Waals surface area contributed by atoms with Crippen molar-refractivity contribution in [2.45, 2.75) is 45.2 Å². The van der Waals surface area contributed by atoms with Gasteiger partial charge in [-0.3, -0.25) is 19.5 Å². The first kappa shape index (κ1) is 18.9. The first-order valence-electron chi connectivity index (χ1n) is 9.61. The molecule has 0 aliphatic heterocycles. The number of aromatic nitrogens is 1. The van der Waals surface area contributed by atoms with Crippen LogP contribution in [0.4, 0.5) is 5.69 Å². The van der Waals surface area contributed by atoms with Gasteiger partial charge in [-0.2, -0.15) is 0 Å². The van der Waals surface area contributed by atoms with Crippen molar-refractivity contribution in [3.8, 4) is 0 Å². The fourth-order valence-electron chi connectivity index (χ4n) is 3.85. The molecule has 3 aromatic rings. The average Bonchev–Trinajstić information content (AvgIpc) is 3.01. The van der Waals surface area contributed by atoms with Crippen LogP contribution in [0, 0.1) is 10.1 Å². The summed E-state index contributed by atoms with van der Waals surface area (Å²) in [4.78, 5) is 35.1. The molecule has 1 unspecified atom stereocenters. The Kier molecular flexibility index (Phi) is 4.92. The molecule has 1 aromatic heterocycles. The van der Waals surface area contributed by atoms with Gasteiger partial charge >= 0.3 is 5.76 Å². The number of benzene rings is 2. The van der Waals surface area contributed by atoms with Crippen LogP contribution in [-0.4, -0.2) is 15.4 Å². The zero-order valence-electron chi connectivity index (χ0n) is 16.0. The van der Waals surface area contributed by atoms with Crippen LogP contribution in [0.15, 0.2) is 45.6 Å². The van der Waals surface area contributed by atoms with Gasteiger partial charge in [-0.05, 0) is 55.4 Å². The molecule has 1 atom stereocenters. The van der Waals surface area contributed by atoms with E-state index in [0.717, 1.165) is 23.0 Å². The topological polar surface area (TPSA) is 107 Å². The van der Waals surface area contributed by atoms with E-state index in [1.807, 2.05) is 13.0 Å². The fraction of sp³-hybridized carbons (Fsp3) is 0.333. The lowest BCUT2D eigenvalue weighted by Crippen LogP contribution is -2.32. The summed E-state index contributed by atoms with van der Waals surface area (Å²) >= 11 is 0. The molecule has 1 amide bonds. The zero-order valence-corrected chi connectivity index (χ0v) is 16.0. The Morgan fingerprint density at radius 1 is 1.21 bits per heavy atom. The summed E-state index contributed by atoms with van der Waals surface area (Å²) in [6.07, 6.45) is 4.54. The Morgan fingerprint density at radius 3 is 2.72 bits per heavy atom. The minimum absolute atomic E-state index is 0.171. The molecule has 0 saturated carbocycles. The van der Waals surface area contributed by atoms with Gasteiger partial charge in [0.1, 0.15) is 6.54 Å². The number of oxazole rings is 1. The van der Waals surface area contributed by atoms with Gasteiger partial charge in [-0.1, -0.05) is 18.2 Å². The third-order valence-corrected chi connectivity index (χ3v) is 5.41. The van der Waals surface area contributed by atoms with Crippen molar-refractivity contribution in [2.24, 2.45) is 0 Å². The second-order valence-electron chi connectivity index (χ2n) is 7.39. The summed E-state index contributed by atoms with van der Waals surface area (Å²) in [7, 11) is 0. The van der Waals surface area contributed by atoms with E-state index in [1.54, 1.807) is 0 Å². The lowest BCUT2D eigenvalue weighted by molar-refractivity contribution is -0.384. The van der Waals surface area contributed by atoms with Gasteiger partial charge in [0.2, 0.25) is 5.91 Å². The van der Waals surface area contributed by atoms with Crippen LogP contribution in [0.25, 0.3) is 11.1 Å². The molecule has 1 aliphatic carbocycles. The number of rotatable bonds is 5. The van der Waals surface area contributed by atoms with Crippen LogP contribution in [0.3, 0.4) is 0 Å². The largest absolute Gasteiger partial charge is 0.420 e. The number of non-ortho nitro benzene ring substituents is 1. The number of nitrogens with zero attached hydrogens (tertiary/aromatic N) is 2. The van der Waals surface area contributed by atoms with Crippen molar-refractivity contribution in [2.75, 3.05) is 0 Å². The number of hydrogen-bond donors (Lipinski definition) is 1. The van der Waals surface area contributed by atoms with Crippen molar-refractivity contribution >= 4 is 22.7 Å². The molecular weight excluding hydrogens is 374 g/mol. The van der Waals surface area contributed by atoms with Gasteiger partial charge in [0.15, 0.2) is 5.58 Å². The summed E-state index contributed by atoms with van der Waals surface area (Å²) in [5.74, 6) is -1.09. The quantitative estimate of drug-likeness (QED) is 0.527. The predicted octanol–water partition coefficient (Wildman–Crippen LogP) is 3.26. The Balaban J connectivity index is 1.52. The molecule has 0 radical (unpaired) electrons. The van der Waals surface area contributed by atoms with E-state index < -0.39 is 10.7 Å². The smallest absolute Gasteiger partial charge is 0.408 e. The Labute approximate surface area is 166 Å². The monoisotopic (exact) mass is 395 g/mol. The van der Waals surface area contributed by atoms with Crippen LogP contribution >= 0.6 is 0 Å². The fourth-order valence-corrected chi connectivity index (χ4v) is 3.85. The molecule has 1 heterocycles. The van der Waals surface area contributed by atoms with Gasteiger partial charge in [0, 0.05) is 12.1 Å². The van der Waals surface area contributed by atoms with E-state index in [1.165, 1.54) is 42.2 Å². The molecule has 0 fully saturated rings. The molecule has 29 heavy (non-hydrogen) atoms. The highest BCUT2D eigenvalue weighted by atomic mass is 16.6. The van der Waals surface area contributed by atoms with Crippen molar-refractivity contribution in [3.05, 3.63) is 73.8 Å². The van der Waals surface area contributed by atoms with Crippen molar-refractivity contribution < 1.29 is 14.1 Å². The summed E-state index contributed by atoms with van der Waals surface area (Å²) < 4.78 is 6.20. The third-order valence-electron chi connectivity index (χ3n) is 5.41. The van der Waals surface area contributed by atoms with Crippen LogP contribution in [-0.2, 0) is 24.2 Å². The first-order chi connectivity index (χ1) is 13.9. The number of fused-ring (bicyclic) bond motifs is 2. The highest BCUT2D eigenvalue weighted by Crippen LogP contribution is 2.25. The number of amides is 1. The lowest BCUT2D eigenvalue weighted by atomic mass is 9.89. The maximum absolute atomic E-state index is 12.6. The van der Waals surface area contributed by atoms with E-state index in [0.29, 0.717) is 0 Å². The van der Waals surface area contributed by atoms with Crippen molar-refractivity contribution in [3.63, 3.8) is 0 Å². The van der Waals surface area contributed by atoms with Gasteiger partial charge in [-0.15, -0.1) is 0 Å².